The molecule has 0 aliphatic carbocycles. The van der Waals surface area contributed by atoms with Gasteiger partial charge in [0.1, 0.15) is 0 Å². The van der Waals surface area contributed by atoms with Crippen molar-refractivity contribution in [2.45, 2.75) is 52.5 Å². The Balaban J connectivity index is 2.50. The quantitative estimate of drug-likeness (QED) is 0.759. The second-order valence-electron chi connectivity index (χ2n) is 7.44. The lowest BCUT2D eigenvalue weighted by molar-refractivity contribution is -0.145. The van der Waals surface area contributed by atoms with Gasteiger partial charge in [-0.05, 0) is 14.0 Å². The zero-order valence-corrected chi connectivity index (χ0v) is 15.6. The third-order valence-corrected chi connectivity index (χ3v) is 3.87. The number of amides is 1. The molecule has 6 nitrogen and oxygen atoms in total. The first-order valence-electron chi connectivity index (χ1n) is 7.96. The summed E-state index contributed by atoms with van der Waals surface area (Å²) in [5.74, 6) is -3.80. The maximum atomic E-state index is 13.2. The molecule has 0 aromatic carbocycles. The monoisotopic (exact) mass is 346 g/mol. The molecule has 1 amide bonds. The van der Waals surface area contributed by atoms with E-state index in [0.717, 1.165) is 6.92 Å². The second kappa shape index (κ2) is 7.55. The van der Waals surface area contributed by atoms with Crippen molar-refractivity contribution in [1.29, 1.82) is 0 Å². The number of nitrogens with zero attached hydrogens (tertiary/aromatic N) is 4. The average Bonchev–Trinajstić information content (AvgIpc) is 2.90. The maximum Gasteiger partial charge on any atom is 0.256 e. The van der Waals surface area contributed by atoms with Crippen LogP contribution in [0.4, 0.5) is 8.78 Å². The second-order valence-corrected chi connectivity index (χ2v) is 7.44. The summed E-state index contributed by atoms with van der Waals surface area (Å²) in [6.45, 7) is 9.29. The molecule has 1 aromatic heterocycles. The molecule has 1 rings (SSSR count). The highest BCUT2D eigenvalue weighted by atomic mass is 19.3. The summed E-state index contributed by atoms with van der Waals surface area (Å²) in [5, 5.41) is 3.95. The van der Waals surface area contributed by atoms with Crippen LogP contribution in [0.2, 0.25) is 0 Å². The van der Waals surface area contributed by atoms with Crippen LogP contribution in [0.1, 0.15) is 46.3 Å². The van der Waals surface area contributed by atoms with Crippen molar-refractivity contribution in [3.8, 4) is 0 Å². The van der Waals surface area contributed by atoms with Gasteiger partial charge in [-0.2, -0.15) is 4.98 Å². The normalized spacial score (nSPS) is 14.1. The van der Waals surface area contributed by atoms with Crippen LogP contribution in [0.3, 0.4) is 0 Å². The first-order chi connectivity index (χ1) is 10.8. The summed E-state index contributed by atoms with van der Waals surface area (Å²) in [7, 11) is 3.37. The third kappa shape index (κ3) is 5.81. The summed E-state index contributed by atoms with van der Waals surface area (Å²) in [6.07, 6.45) is 0. The summed E-state index contributed by atoms with van der Waals surface area (Å²) in [6, 6.07) is 0. The number of carbonyl (C=O) groups is 1. The number of rotatable bonds is 7. The smallest absolute Gasteiger partial charge is 0.256 e. The van der Waals surface area contributed by atoms with Gasteiger partial charge in [-0.1, -0.05) is 25.9 Å². The Hall–Kier alpha value is -1.57. The maximum absolute atomic E-state index is 13.2. The van der Waals surface area contributed by atoms with E-state index in [4.69, 9.17) is 4.52 Å². The minimum absolute atomic E-state index is 0.186. The van der Waals surface area contributed by atoms with Crippen LogP contribution in [0.5, 0.6) is 0 Å². The van der Waals surface area contributed by atoms with Gasteiger partial charge in [0.05, 0.1) is 12.5 Å². The van der Waals surface area contributed by atoms with Crippen molar-refractivity contribution < 1.29 is 18.1 Å². The fourth-order valence-electron chi connectivity index (χ4n) is 1.91. The molecule has 1 aromatic rings. The number of hydrogen-bond donors (Lipinski definition) is 0. The van der Waals surface area contributed by atoms with E-state index < -0.39 is 17.7 Å². The van der Waals surface area contributed by atoms with Crippen molar-refractivity contribution in [1.82, 2.24) is 19.9 Å². The Morgan fingerprint density at radius 2 is 1.79 bits per heavy atom. The lowest BCUT2D eigenvalue weighted by atomic mass is 9.96. The van der Waals surface area contributed by atoms with E-state index in [2.05, 4.69) is 10.1 Å². The molecule has 138 valence electrons. The van der Waals surface area contributed by atoms with Gasteiger partial charge in [-0.15, -0.1) is 0 Å². The van der Waals surface area contributed by atoms with E-state index in [-0.39, 0.29) is 5.41 Å². The number of carbonyl (C=O) groups excluding carboxylic acids is 1. The van der Waals surface area contributed by atoms with Crippen molar-refractivity contribution in [3.63, 3.8) is 0 Å². The van der Waals surface area contributed by atoms with Gasteiger partial charge >= 0.3 is 0 Å². The average molecular weight is 346 g/mol. The molecule has 24 heavy (non-hydrogen) atoms. The molecule has 0 unspecified atom stereocenters. The van der Waals surface area contributed by atoms with Crippen LogP contribution in [0.15, 0.2) is 4.52 Å². The zero-order chi connectivity index (χ0) is 18.7. The highest BCUT2D eigenvalue weighted by molar-refractivity contribution is 5.79. The van der Waals surface area contributed by atoms with Crippen molar-refractivity contribution in [3.05, 3.63) is 11.7 Å². The van der Waals surface area contributed by atoms with Crippen LogP contribution in [0.25, 0.3) is 0 Å². The first-order valence-corrected chi connectivity index (χ1v) is 7.96. The fraction of sp³-hybridized carbons (Fsp3) is 0.812. The summed E-state index contributed by atoms with van der Waals surface area (Å²) >= 11 is 0. The number of alkyl halides is 2. The minimum Gasteiger partial charge on any atom is -0.344 e. The molecule has 0 N–H and O–H groups in total. The Morgan fingerprint density at radius 3 is 2.25 bits per heavy atom. The van der Waals surface area contributed by atoms with E-state index in [9.17, 15) is 13.6 Å². The van der Waals surface area contributed by atoms with Crippen molar-refractivity contribution >= 4 is 5.91 Å². The lowest BCUT2D eigenvalue weighted by Gasteiger charge is -2.26. The van der Waals surface area contributed by atoms with Gasteiger partial charge < -0.3 is 9.42 Å². The zero-order valence-electron chi connectivity index (χ0n) is 15.6. The van der Waals surface area contributed by atoms with Gasteiger partial charge in [0, 0.05) is 32.5 Å². The molecule has 0 saturated heterocycles. The molecule has 0 spiro atoms. The first kappa shape index (κ1) is 20.5. The van der Waals surface area contributed by atoms with Gasteiger partial charge in [0.2, 0.25) is 11.8 Å². The molecule has 1 heterocycles. The fourth-order valence-corrected chi connectivity index (χ4v) is 1.91. The lowest BCUT2D eigenvalue weighted by Crippen LogP contribution is -2.42. The Labute approximate surface area is 142 Å². The summed E-state index contributed by atoms with van der Waals surface area (Å²) in [5.41, 5.74) is -0.186. The highest BCUT2D eigenvalue weighted by Crippen LogP contribution is 2.24. The van der Waals surface area contributed by atoms with E-state index in [1.54, 1.807) is 0 Å². The van der Waals surface area contributed by atoms with Crippen molar-refractivity contribution in [2.75, 3.05) is 27.2 Å². The minimum atomic E-state index is -3.02. The van der Waals surface area contributed by atoms with E-state index in [0.29, 0.717) is 31.3 Å². The Morgan fingerprint density at radius 1 is 1.21 bits per heavy atom. The van der Waals surface area contributed by atoms with Gasteiger partial charge in [0.25, 0.3) is 5.92 Å². The van der Waals surface area contributed by atoms with Crippen molar-refractivity contribution in [2.24, 2.45) is 5.92 Å². The third-order valence-electron chi connectivity index (χ3n) is 3.87. The van der Waals surface area contributed by atoms with Gasteiger partial charge in [-0.25, -0.2) is 8.78 Å². The summed E-state index contributed by atoms with van der Waals surface area (Å²) in [4.78, 5) is 19.5. The molecule has 8 heteroatoms. The van der Waals surface area contributed by atoms with Crippen LogP contribution in [0, 0.1) is 5.92 Å². The SMILES string of the molecule is C[C@H](C(=O)N(C)CCN(C)Cc1nc(C(C)(C)C)no1)C(C)(F)F. The molecule has 0 aliphatic rings. The molecule has 1 atom stereocenters. The molecule has 0 radical (unpaired) electrons. The largest absolute Gasteiger partial charge is 0.344 e. The molecular weight excluding hydrogens is 318 g/mol. The molecular formula is C16H28F2N4O2. The van der Waals surface area contributed by atoms with Gasteiger partial charge in [-0.3, -0.25) is 9.69 Å². The number of hydrogen-bond acceptors (Lipinski definition) is 5. The van der Waals surface area contributed by atoms with Crippen LogP contribution in [-0.4, -0.2) is 59.0 Å². The summed E-state index contributed by atoms with van der Waals surface area (Å²) < 4.78 is 31.7. The molecule has 0 fully saturated rings. The van der Waals surface area contributed by atoms with E-state index in [1.807, 2.05) is 32.7 Å². The van der Waals surface area contributed by atoms with E-state index in [1.165, 1.54) is 18.9 Å². The van der Waals surface area contributed by atoms with Crippen LogP contribution >= 0.6 is 0 Å². The predicted octanol–water partition coefficient (Wildman–Crippen LogP) is 2.55. The van der Waals surface area contributed by atoms with Gasteiger partial charge in [0.15, 0.2) is 5.82 Å². The van der Waals surface area contributed by atoms with Crippen LogP contribution < -0.4 is 0 Å². The predicted molar refractivity (Wildman–Crippen MR) is 86.8 cm³/mol. The molecule has 0 aliphatic heterocycles. The molecule has 0 saturated carbocycles. The highest BCUT2D eigenvalue weighted by Gasteiger charge is 2.37. The van der Waals surface area contributed by atoms with Crippen LogP contribution in [-0.2, 0) is 16.8 Å². The Kier molecular flexibility index (Phi) is 6.44. The number of likely N-dealkylation sites (N-methyl/N-ethyl adjacent to an activating group) is 2. The standard InChI is InChI=1S/C16H28F2N4O2/c1-11(16(5,17)18)13(23)22(7)9-8-21(6)10-12-19-14(20-24-12)15(2,3)4/h11H,8-10H2,1-7H3/t11-/m1/s1. The molecule has 0 bridgehead atoms. The number of halogens is 2. The topological polar surface area (TPSA) is 62.5 Å². The number of aromatic nitrogens is 2. The van der Waals surface area contributed by atoms with E-state index >= 15 is 0 Å². The Bertz CT molecular complexity index is 549.